The maximum absolute atomic E-state index is 13.8. The fourth-order valence-electron chi connectivity index (χ4n) is 6.17. The second-order valence-corrected chi connectivity index (χ2v) is 10.3. The molecule has 34 heavy (non-hydrogen) atoms. The maximum Gasteiger partial charge on any atom is 0.203 e. The minimum atomic E-state index is -2.59. The molecule has 1 aromatic carbocycles. The van der Waals surface area contributed by atoms with Crippen LogP contribution in [0.4, 0.5) is 0 Å². The number of hydrogen-bond acceptors (Lipinski definition) is 8. The van der Waals surface area contributed by atoms with E-state index in [0.29, 0.717) is 11.1 Å². The Kier molecular flexibility index (Phi) is 5.18. The Bertz CT molecular complexity index is 1250. The number of benzene rings is 1. The van der Waals surface area contributed by atoms with E-state index in [9.17, 15) is 39.6 Å². The van der Waals surface area contributed by atoms with Crippen LogP contribution in [-0.2, 0) is 32.0 Å². The van der Waals surface area contributed by atoms with Gasteiger partial charge in [0, 0.05) is 41.2 Å². The summed E-state index contributed by atoms with van der Waals surface area (Å²) in [6.45, 7) is 6.01. The second kappa shape index (κ2) is 7.37. The summed E-state index contributed by atoms with van der Waals surface area (Å²) in [5, 5.41) is 44.6. The van der Waals surface area contributed by atoms with Gasteiger partial charge in [-0.3, -0.25) is 19.2 Å². The fourth-order valence-corrected chi connectivity index (χ4v) is 6.17. The Labute approximate surface area is 196 Å². The number of carbonyl (C=O) groups excluding carboxylic acids is 4. The van der Waals surface area contributed by atoms with Crippen molar-refractivity contribution in [3.8, 4) is 5.75 Å². The number of carbonyl (C=O) groups is 4. The molecule has 8 heteroatoms. The number of fused-ring (bicyclic) bond motifs is 3. The number of aromatic hydroxyl groups is 1. The summed E-state index contributed by atoms with van der Waals surface area (Å²) < 4.78 is 0. The van der Waals surface area contributed by atoms with Crippen LogP contribution in [0.2, 0.25) is 0 Å². The lowest BCUT2D eigenvalue weighted by Crippen LogP contribution is -2.65. The van der Waals surface area contributed by atoms with Gasteiger partial charge in [-0.25, -0.2) is 0 Å². The predicted molar refractivity (Wildman–Crippen MR) is 121 cm³/mol. The molecule has 0 aliphatic heterocycles. The maximum atomic E-state index is 13.8. The van der Waals surface area contributed by atoms with Crippen LogP contribution in [0.15, 0.2) is 29.0 Å². The lowest BCUT2D eigenvalue weighted by atomic mass is 9.47. The van der Waals surface area contributed by atoms with E-state index >= 15 is 0 Å². The summed E-state index contributed by atoms with van der Waals surface area (Å²) in [7, 11) is 0. The summed E-state index contributed by atoms with van der Waals surface area (Å²) in [4.78, 5) is 50.5. The molecular formula is C26H28O8. The molecular weight excluding hydrogens is 440 g/mol. The van der Waals surface area contributed by atoms with Gasteiger partial charge in [0.1, 0.15) is 28.6 Å². The van der Waals surface area contributed by atoms with Crippen LogP contribution in [0.3, 0.4) is 0 Å². The first-order valence-corrected chi connectivity index (χ1v) is 11.3. The number of aliphatic hydroxyl groups is 3. The fraction of sp³-hybridized carbons (Fsp3) is 0.462. The Morgan fingerprint density at radius 3 is 2.29 bits per heavy atom. The highest BCUT2D eigenvalue weighted by atomic mass is 16.3. The number of aliphatic hydroxyl groups excluding tert-OH is 2. The Balaban J connectivity index is 1.96. The minimum Gasteiger partial charge on any atom is -0.508 e. The zero-order chi connectivity index (χ0) is 25.4. The van der Waals surface area contributed by atoms with Gasteiger partial charge in [0.15, 0.2) is 17.2 Å². The van der Waals surface area contributed by atoms with Gasteiger partial charge in [-0.1, -0.05) is 32.9 Å². The number of phenols is 1. The van der Waals surface area contributed by atoms with Crippen molar-refractivity contribution in [1.82, 2.24) is 0 Å². The predicted octanol–water partition coefficient (Wildman–Crippen LogP) is 2.83. The number of Topliss-reactive ketones (excluding diaryl/α,β-unsaturated/α-hetero) is 4. The van der Waals surface area contributed by atoms with E-state index in [0.717, 1.165) is 6.92 Å². The summed E-state index contributed by atoms with van der Waals surface area (Å²) in [5.74, 6) is -4.39. The molecule has 180 valence electrons. The first kappa shape index (κ1) is 23.9. The largest absolute Gasteiger partial charge is 0.508 e. The summed E-state index contributed by atoms with van der Waals surface area (Å²) in [5.41, 5.74) is -4.95. The van der Waals surface area contributed by atoms with Crippen molar-refractivity contribution in [3.63, 3.8) is 0 Å². The van der Waals surface area contributed by atoms with Gasteiger partial charge in [-0.15, -0.1) is 0 Å². The molecule has 0 unspecified atom stereocenters. The average molecular weight is 469 g/mol. The number of phenolic OH excluding ortho intramolecular Hbond substituents is 1. The molecule has 0 radical (unpaired) electrons. The third-order valence-corrected chi connectivity index (χ3v) is 7.76. The highest BCUT2D eigenvalue weighted by Crippen LogP contribution is 2.62. The molecule has 3 aliphatic rings. The topological polar surface area (TPSA) is 149 Å². The quantitative estimate of drug-likeness (QED) is 0.493. The van der Waals surface area contributed by atoms with Crippen molar-refractivity contribution in [3.05, 3.63) is 45.7 Å². The molecule has 4 rings (SSSR count). The average Bonchev–Trinajstić information content (AvgIpc) is 2.72. The molecule has 3 atom stereocenters. The summed E-state index contributed by atoms with van der Waals surface area (Å²) in [6.07, 6.45) is 0.174. The van der Waals surface area contributed by atoms with Crippen LogP contribution < -0.4 is 0 Å². The first-order chi connectivity index (χ1) is 15.7. The van der Waals surface area contributed by atoms with Crippen molar-refractivity contribution in [1.29, 1.82) is 0 Å². The van der Waals surface area contributed by atoms with E-state index in [-0.39, 0.29) is 54.8 Å². The van der Waals surface area contributed by atoms with Gasteiger partial charge >= 0.3 is 0 Å². The third kappa shape index (κ3) is 2.94. The van der Waals surface area contributed by atoms with E-state index in [2.05, 4.69) is 0 Å². The van der Waals surface area contributed by atoms with Crippen LogP contribution in [0.1, 0.15) is 63.6 Å². The van der Waals surface area contributed by atoms with Gasteiger partial charge in [-0.2, -0.15) is 0 Å². The second-order valence-electron chi connectivity index (χ2n) is 10.3. The molecule has 1 fully saturated rings. The van der Waals surface area contributed by atoms with E-state index in [1.54, 1.807) is 26.0 Å². The smallest absolute Gasteiger partial charge is 0.203 e. The van der Waals surface area contributed by atoms with E-state index in [4.69, 9.17) is 0 Å². The first-order valence-electron chi connectivity index (χ1n) is 11.3. The van der Waals surface area contributed by atoms with Crippen molar-refractivity contribution in [2.75, 3.05) is 0 Å². The zero-order valence-corrected chi connectivity index (χ0v) is 19.6. The van der Waals surface area contributed by atoms with E-state index < -0.39 is 50.9 Å². The molecule has 8 nitrogen and oxygen atoms in total. The summed E-state index contributed by atoms with van der Waals surface area (Å²) >= 11 is 0. The number of allylic oxidation sites excluding steroid dienone is 1. The van der Waals surface area contributed by atoms with Crippen LogP contribution in [0, 0.1) is 10.8 Å². The zero-order valence-electron chi connectivity index (χ0n) is 19.6. The molecule has 0 bridgehead atoms. The Hall–Kier alpha value is -3.26. The van der Waals surface area contributed by atoms with Crippen LogP contribution >= 0.6 is 0 Å². The van der Waals surface area contributed by atoms with Crippen molar-refractivity contribution in [2.45, 2.75) is 65.4 Å². The number of ketones is 4. The van der Waals surface area contributed by atoms with Crippen LogP contribution in [0.5, 0.6) is 5.75 Å². The highest BCUT2D eigenvalue weighted by Gasteiger charge is 2.68. The standard InChI is InChI=1S/C26H28O8/c1-5-15(28)8-13-6-7-14-9-24(3)11-25(4)10-16(29)17(12(2)27)22(32)26(25,34)23(33)19(24)21(31)18(14)20(13)30/h6-7,30-32,34H,5,8-11H2,1-4H3/t24-,25+,26-/m1/s1. The molecule has 4 N–H and O–H groups in total. The van der Waals surface area contributed by atoms with Crippen molar-refractivity contribution in [2.24, 2.45) is 10.8 Å². The van der Waals surface area contributed by atoms with Gasteiger partial charge in [-0.05, 0) is 25.3 Å². The minimum absolute atomic E-state index is 0.0107. The molecule has 0 spiro atoms. The molecule has 1 saturated carbocycles. The third-order valence-electron chi connectivity index (χ3n) is 7.76. The van der Waals surface area contributed by atoms with Crippen LogP contribution in [-0.4, -0.2) is 49.2 Å². The van der Waals surface area contributed by atoms with Crippen LogP contribution in [0.25, 0.3) is 5.76 Å². The molecule has 0 aromatic heterocycles. The van der Waals surface area contributed by atoms with Crippen molar-refractivity contribution >= 4 is 28.9 Å². The molecule has 0 saturated heterocycles. The Morgan fingerprint density at radius 2 is 1.71 bits per heavy atom. The molecule has 0 heterocycles. The number of hydrogen-bond donors (Lipinski definition) is 4. The Morgan fingerprint density at radius 1 is 1.06 bits per heavy atom. The monoisotopic (exact) mass is 468 g/mol. The van der Waals surface area contributed by atoms with E-state index in [1.165, 1.54) is 6.92 Å². The number of rotatable bonds is 4. The van der Waals surface area contributed by atoms with Gasteiger partial charge in [0.05, 0.1) is 5.56 Å². The lowest BCUT2D eigenvalue weighted by Gasteiger charge is -2.56. The SMILES string of the molecule is CCC(=O)Cc1ccc2c(c1O)C(O)=C1C(=O)[C@]3(O)C(O)=C(C(C)=O)C(=O)C[C@@]3(C)C[C@@]1(C)C2. The van der Waals surface area contributed by atoms with Crippen molar-refractivity contribution < 1.29 is 39.6 Å². The summed E-state index contributed by atoms with van der Waals surface area (Å²) in [6, 6.07) is 3.31. The molecule has 0 amide bonds. The van der Waals surface area contributed by atoms with Gasteiger partial charge in [0.2, 0.25) is 5.78 Å². The molecule has 3 aliphatic carbocycles. The van der Waals surface area contributed by atoms with Gasteiger partial charge < -0.3 is 20.4 Å². The van der Waals surface area contributed by atoms with E-state index in [1.807, 2.05) is 0 Å². The molecule has 1 aromatic rings. The lowest BCUT2D eigenvalue weighted by molar-refractivity contribution is -0.165. The van der Waals surface area contributed by atoms with Gasteiger partial charge in [0.25, 0.3) is 0 Å². The highest BCUT2D eigenvalue weighted by molar-refractivity contribution is 6.23. The normalized spacial score (nSPS) is 30.6.